The van der Waals surface area contributed by atoms with Crippen molar-refractivity contribution in [1.29, 1.82) is 0 Å². The molecule has 2 heterocycles. The largest absolute Gasteiger partial charge is 0.463 e. The molecule has 0 N–H and O–H groups in total. The fraction of sp³-hybridized carbons (Fsp3) is 0.500. The number of aromatic nitrogens is 3. The number of hydrogen-bond acceptors (Lipinski definition) is 5. The highest BCUT2D eigenvalue weighted by Gasteiger charge is 2.26. The lowest BCUT2D eigenvalue weighted by atomic mass is 10.1. The van der Waals surface area contributed by atoms with Gasteiger partial charge in [-0.25, -0.2) is 4.68 Å². The maximum Gasteiger partial charge on any atom is 0.302 e. The van der Waals surface area contributed by atoms with Crippen molar-refractivity contribution in [3.63, 3.8) is 0 Å². The van der Waals surface area contributed by atoms with E-state index < -0.39 is 0 Å². The number of fused-ring (bicyclic) bond motifs is 1. The second-order valence-electron chi connectivity index (χ2n) is 5.24. The van der Waals surface area contributed by atoms with E-state index in [1.807, 2.05) is 0 Å². The van der Waals surface area contributed by atoms with Crippen LogP contribution >= 0.6 is 23.2 Å². The molecule has 0 bridgehead atoms. The van der Waals surface area contributed by atoms with Crippen molar-refractivity contribution < 1.29 is 14.3 Å². The minimum Gasteiger partial charge on any atom is -0.463 e. The fourth-order valence-corrected chi connectivity index (χ4v) is 2.85. The molecule has 0 saturated carbocycles. The summed E-state index contributed by atoms with van der Waals surface area (Å²) in [6.07, 6.45) is 2.23. The Balaban J connectivity index is 1.81. The van der Waals surface area contributed by atoms with E-state index in [0.29, 0.717) is 15.6 Å². The minimum absolute atomic E-state index is 0.135. The van der Waals surface area contributed by atoms with Crippen LogP contribution in [-0.2, 0) is 14.3 Å². The predicted octanol–water partition coefficient (Wildman–Crippen LogP) is 3.37. The topological polar surface area (TPSA) is 66.2 Å². The molecular formula is C14H15Cl2N3O3. The quantitative estimate of drug-likeness (QED) is 0.799. The number of halogens is 2. The van der Waals surface area contributed by atoms with Crippen molar-refractivity contribution in [2.24, 2.45) is 0 Å². The first-order valence-electron chi connectivity index (χ1n) is 7.03. The van der Waals surface area contributed by atoms with Gasteiger partial charge in [0.1, 0.15) is 12.1 Å². The molecule has 0 spiro atoms. The lowest BCUT2D eigenvalue weighted by Gasteiger charge is -2.29. The summed E-state index contributed by atoms with van der Waals surface area (Å²) in [4.78, 5) is 10.9. The van der Waals surface area contributed by atoms with Crippen LogP contribution in [0.25, 0.3) is 11.0 Å². The van der Waals surface area contributed by atoms with E-state index in [1.54, 1.807) is 16.8 Å². The van der Waals surface area contributed by atoms with E-state index in [2.05, 4.69) is 10.3 Å². The molecule has 22 heavy (non-hydrogen) atoms. The van der Waals surface area contributed by atoms with Crippen molar-refractivity contribution in [3.8, 4) is 0 Å². The molecule has 1 aromatic heterocycles. The monoisotopic (exact) mass is 343 g/mol. The summed E-state index contributed by atoms with van der Waals surface area (Å²) >= 11 is 12.1. The highest BCUT2D eigenvalue weighted by Crippen LogP contribution is 2.32. The van der Waals surface area contributed by atoms with Crippen molar-refractivity contribution >= 4 is 40.2 Å². The summed E-state index contributed by atoms with van der Waals surface area (Å²) in [7, 11) is 0. The smallest absolute Gasteiger partial charge is 0.302 e. The van der Waals surface area contributed by atoms with Gasteiger partial charge in [-0.3, -0.25) is 4.79 Å². The van der Waals surface area contributed by atoms with Gasteiger partial charge < -0.3 is 9.47 Å². The molecule has 2 atom stereocenters. The summed E-state index contributed by atoms with van der Waals surface area (Å²) in [6, 6.07) is 3.42. The number of rotatable bonds is 3. The van der Waals surface area contributed by atoms with Gasteiger partial charge in [0.15, 0.2) is 6.23 Å². The first-order valence-corrected chi connectivity index (χ1v) is 7.79. The Morgan fingerprint density at radius 1 is 1.41 bits per heavy atom. The Bertz CT molecular complexity index is 704. The molecule has 1 fully saturated rings. The third-order valence-corrected chi connectivity index (χ3v) is 4.31. The van der Waals surface area contributed by atoms with Crippen LogP contribution in [-0.4, -0.2) is 33.7 Å². The summed E-state index contributed by atoms with van der Waals surface area (Å²) in [5.41, 5.74) is 1.44. The maximum atomic E-state index is 10.9. The lowest BCUT2D eigenvalue weighted by molar-refractivity contribution is -0.154. The van der Waals surface area contributed by atoms with E-state index in [0.717, 1.165) is 24.8 Å². The molecule has 1 saturated heterocycles. The summed E-state index contributed by atoms with van der Waals surface area (Å²) < 4.78 is 12.7. The molecule has 0 aliphatic carbocycles. The molecular weight excluding hydrogens is 329 g/mol. The molecule has 2 aromatic rings. The molecule has 6 nitrogen and oxygen atoms in total. The molecule has 118 valence electrons. The van der Waals surface area contributed by atoms with Gasteiger partial charge in [-0.05, 0) is 31.4 Å². The van der Waals surface area contributed by atoms with Gasteiger partial charge in [-0.2, -0.15) is 0 Å². The van der Waals surface area contributed by atoms with Gasteiger partial charge in [0.05, 0.1) is 21.7 Å². The number of benzene rings is 1. The first kappa shape index (κ1) is 15.5. The zero-order chi connectivity index (χ0) is 15.7. The fourth-order valence-electron chi connectivity index (χ4n) is 2.54. The standard InChI is InChI=1S/C14H15Cl2N3O3/c1-8(20)21-7-9-3-2-4-14(22-9)19-13-6-11(16)10(15)5-12(13)17-18-19/h5-6,9,14H,2-4,7H2,1H3/t9-,14-/m0/s1. The second-order valence-corrected chi connectivity index (χ2v) is 6.05. The summed E-state index contributed by atoms with van der Waals surface area (Å²) in [5.74, 6) is -0.307. The van der Waals surface area contributed by atoms with Gasteiger partial charge in [0, 0.05) is 6.92 Å². The summed E-state index contributed by atoms with van der Waals surface area (Å²) in [5, 5.41) is 9.14. The summed E-state index contributed by atoms with van der Waals surface area (Å²) in [6.45, 7) is 1.64. The number of carbonyl (C=O) groups is 1. The first-order chi connectivity index (χ1) is 10.5. The van der Waals surface area contributed by atoms with Gasteiger partial charge in [0.25, 0.3) is 0 Å². The van der Waals surface area contributed by atoms with Crippen LogP contribution in [0.4, 0.5) is 0 Å². The van der Waals surface area contributed by atoms with Crippen molar-refractivity contribution in [2.75, 3.05) is 6.61 Å². The number of nitrogens with zero attached hydrogens (tertiary/aromatic N) is 3. The third kappa shape index (κ3) is 3.19. The normalized spacial score (nSPS) is 22.0. The SMILES string of the molecule is CC(=O)OC[C@@H]1CCC[C@@H](n2nnc3cc(Cl)c(Cl)cc32)O1. The zero-order valence-corrected chi connectivity index (χ0v) is 13.5. The van der Waals surface area contributed by atoms with Crippen molar-refractivity contribution in [1.82, 2.24) is 15.0 Å². The number of esters is 1. The second kappa shape index (κ2) is 6.40. The molecule has 0 radical (unpaired) electrons. The van der Waals surface area contributed by atoms with Crippen LogP contribution in [0.1, 0.15) is 32.4 Å². The maximum absolute atomic E-state index is 10.9. The average Bonchev–Trinajstić information content (AvgIpc) is 2.89. The third-order valence-electron chi connectivity index (χ3n) is 3.59. The van der Waals surface area contributed by atoms with Gasteiger partial charge in [0.2, 0.25) is 0 Å². The molecule has 1 aliphatic heterocycles. The predicted molar refractivity (Wildman–Crippen MR) is 81.9 cm³/mol. The van der Waals surface area contributed by atoms with Gasteiger partial charge >= 0.3 is 5.97 Å². The van der Waals surface area contributed by atoms with Gasteiger partial charge in [-0.15, -0.1) is 5.10 Å². The van der Waals surface area contributed by atoms with Crippen LogP contribution in [0.3, 0.4) is 0 Å². The number of carbonyl (C=O) groups excluding carboxylic acids is 1. The van der Waals surface area contributed by atoms with Crippen molar-refractivity contribution in [3.05, 3.63) is 22.2 Å². The highest BCUT2D eigenvalue weighted by atomic mass is 35.5. The van der Waals surface area contributed by atoms with Crippen LogP contribution < -0.4 is 0 Å². The molecule has 3 rings (SSSR count). The van der Waals surface area contributed by atoms with Gasteiger partial charge in [-0.1, -0.05) is 28.4 Å². The number of hydrogen-bond donors (Lipinski definition) is 0. The zero-order valence-electron chi connectivity index (χ0n) is 12.0. The van der Waals surface area contributed by atoms with Crippen LogP contribution in [0.15, 0.2) is 12.1 Å². The van der Waals surface area contributed by atoms with Crippen LogP contribution in [0.5, 0.6) is 0 Å². The molecule has 1 aliphatic rings. The minimum atomic E-state index is -0.307. The molecule has 0 unspecified atom stereocenters. The molecule has 1 aromatic carbocycles. The average molecular weight is 344 g/mol. The van der Waals surface area contributed by atoms with E-state index in [1.165, 1.54) is 6.92 Å². The van der Waals surface area contributed by atoms with E-state index in [4.69, 9.17) is 32.7 Å². The lowest BCUT2D eigenvalue weighted by Crippen LogP contribution is -2.30. The number of ether oxygens (including phenoxy) is 2. The Hall–Kier alpha value is -1.37. The van der Waals surface area contributed by atoms with Crippen LogP contribution in [0.2, 0.25) is 10.0 Å². The Morgan fingerprint density at radius 3 is 2.95 bits per heavy atom. The van der Waals surface area contributed by atoms with E-state index in [-0.39, 0.29) is 24.9 Å². The Morgan fingerprint density at radius 2 is 2.18 bits per heavy atom. The Labute approximate surface area is 137 Å². The Kier molecular flexibility index (Phi) is 4.52. The van der Waals surface area contributed by atoms with E-state index in [9.17, 15) is 4.79 Å². The van der Waals surface area contributed by atoms with Crippen LogP contribution in [0, 0.1) is 0 Å². The highest BCUT2D eigenvalue weighted by molar-refractivity contribution is 6.42. The van der Waals surface area contributed by atoms with E-state index >= 15 is 0 Å². The van der Waals surface area contributed by atoms with Crippen molar-refractivity contribution in [2.45, 2.75) is 38.5 Å². The molecule has 0 amide bonds. The molecule has 8 heteroatoms.